The van der Waals surface area contributed by atoms with Crippen molar-refractivity contribution in [2.45, 2.75) is 125 Å². The summed E-state index contributed by atoms with van der Waals surface area (Å²) in [5.74, 6) is 1.63. The van der Waals surface area contributed by atoms with Crippen LogP contribution in [0.25, 0.3) is 0 Å². The average Bonchev–Trinajstić information content (AvgIpc) is 2.68. The lowest BCUT2D eigenvalue weighted by Crippen LogP contribution is -2.69. The Morgan fingerprint density at radius 1 is 0.688 bits per heavy atom. The second kappa shape index (κ2) is 6.66. The van der Waals surface area contributed by atoms with Crippen molar-refractivity contribution in [3.8, 4) is 0 Å². The zero-order chi connectivity index (χ0) is 23.5. The largest absolute Gasteiger partial charge is 0.392 e. The molecule has 0 aromatic carbocycles. The van der Waals surface area contributed by atoms with Crippen LogP contribution in [-0.4, -0.2) is 22.4 Å². The highest BCUT2D eigenvalue weighted by molar-refractivity contribution is 5.32. The lowest BCUT2D eigenvalue weighted by atomic mass is 9.32. The van der Waals surface area contributed by atoms with Crippen molar-refractivity contribution in [2.75, 3.05) is 0 Å². The van der Waals surface area contributed by atoms with E-state index in [1.165, 1.54) is 44.9 Å². The van der Waals surface area contributed by atoms with Gasteiger partial charge in [0.25, 0.3) is 0 Å². The van der Waals surface area contributed by atoms with Gasteiger partial charge in [-0.3, -0.25) is 0 Å². The van der Waals surface area contributed by atoms with Gasteiger partial charge in [-0.15, -0.1) is 0 Å². The first kappa shape index (κ1) is 23.4. The Balaban J connectivity index is 1.58. The van der Waals surface area contributed by atoms with Gasteiger partial charge in [-0.05, 0) is 96.2 Å². The minimum absolute atomic E-state index is 0.0926. The maximum absolute atomic E-state index is 11.5. The van der Waals surface area contributed by atoms with Gasteiger partial charge in [-0.25, -0.2) is 0 Å². The topological polar surface area (TPSA) is 40.5 Å². The first-order valence-electron chi connectivity index (χ1n) is 13.7. The number of fused-ring (bicyclic) bond motifs is 7. The summed E-state index contributed by atoms with van der Waals surface area (Å²) in [6.45, 7) is 19.7. The highest BCUT2D eigenvalue weighted by atomic mass is 16.3. The molecule has 0 radical (unpaired) electrons. The van der Waals surface area contributed by atoms with Crippen LogP contribution < -0.4 is 0 Å². The first-order chi connectivity index (χ1) is 14.6. The van der Waals surface area contributed by atoms with E-state index in [0.717, 1.165) is 6.42 Å². The number of hydrogen-bond donors (Lipinski definition) is 2. The monoisotopic (exact) mass is 442 g/mol. The quantitative estimate of drug-likeness (QED) is 0.391. The summed E-state index contributed by atoms with van der Waals surface area (Å²) >= 11 is 0. The highest BCUT2D eigenvalue weighted by Gasteiger charge is 2.70. The van der Waals surface area contributed by atoms with Crippen LogP contribution in [0.1, 0.15) is 113 Å². The fraction of sp³-hybridized carbons (Fsp3) is 0.933. The lowest BCUT2D eigenvalue weighted by molar-refractivity contribution is -0.262. The van der Waals surface area contributed by atoms with Gasteiger partial charge in [0.05, 0.1) is 12.2 Å². The van der Waals surface area contributed by atoms with E-state index in [9.17, 15) is 10.2 Å². The van der Waals surface area contributed by atoms with Crippen LogP contribution in [0.15, 0.2) is 11.6 Å². The fourth-order valence-electron chi connectivity index (χ4n) is 10.6. The van der Waals surface area contributed by atoms with Gasteiger partial charge >= 0.3 is 0 Å². The Bertz CT molecular complexity index is 825. The zero-order valence-corrected chi connectivity index (χ0v) is 22.2. The molecule has 2 nitrogen and oxygen atoms in total. The molecule has 5 aliphatic rings. The van der Waals surface area contributed by atoms with Gasteiger partial charge in [-0.1, -0.05) is 67.0 Å². The van der Waals surface area contributed by atoms with Crippen molar-refractivity contribution in [3.05, 3.63) is 11.6 Å². The summed E-state index contributed by atoms with van der Waals surface area (Å²) in [4.78, 5) is 0. The number of allylic oxidation sites excluding steroid dienone is 2. The van der Waals surface area contributed by atoms with Crippen molar-refractivity contribution in [2.24, 2.45) is 50.2 Å². The molecular weight excluding hydrogens is 392 g/mol. The molecule has 0 saturated heterocycles. The molecule has 32 heavy (non-hydrogen) atoms. The summed E-state index contributed by atoms with van der Waals surface area (Å²) in [6.07, 6.45) is 12.7. The number of aliphatic hydroxyl groups excluding tert-OH is 2. The van der Waals surface area contributed by atoms with Crippen LogP contribution in [0.3, 0.4) is 0 Å². The van der Waals surface area contributed by atoms with Gasteiger partial charge in [0.1, 0.15) is 0 Å². The maximum atomic E-state index is 11.5. The third kappa shape index (κ3) is 2.72. The maximum Gasteiger partial charge on any atom is 0.0624 e. The molecule has 0 aromatic rings. The Kier molecular flexibility index (Phi) is 4.87. The second-order valence-electron chi connectivity index (χ2n) is 15.2. The Morgan fingerprint density at radius 3 is 2.03 bits per heavy atom. The molecule has 4 saturated carbocycles. The van der Waals surface area contributed by atoms with E-state index in [-0.39, 0.29) is 22.3 Å². The third-order valence-electron chi connectivity index (χ3n) is 13.1. The molecule has 0 heterocycles. The second-order valence-corrected chi connectivity index (χ2v) is 15.2. The summed E-state index contributed by atoms with van der Waals surface area (Å²) in [7, 11) is 0. The number of hydrogen-bond acceptors (Lipinski definition) is 2. The van der Waals surface area contributed by atoms with Gasteiger partial charge < -0.3 is 10.2 Å². The van der Waals surface area contributed by atoms with E-state index in [0.29, 0.717) is 40.4 Å². The van der Waals surface area contributed by atoms with Crippen molar-refractivity contribution in [1.82, 2.24) is 0 Å². The van der Waals surface area contributed by atoms with Crippen LogP contribution in [0.4, 0.5) is 0 Å². The highest BCUT2D eigenvalue weighted by Crippen LogP contribution is 2.76. The SMILES string of the molecule is CC1(C)C=C2[C@@H]3CC[C@H]4[C@@]5(C)[C@H](O)C[C@H](O)C(C)(C)[C@H]5CC[C@@]4(C)[C@]3(C)CC[C@@]2(C)CC1. The predicted octanol–water partition coefficient (Wildman–Crippen LogP) is 7.14. The van der Waals surface area contributed by atoms with Crippen LogP contribution in [0.5, 0.6) is 0 Å². The van der Waals surface area contributed by atoms with Crippen molar-refractivity contribution >= 4 is 0 Å². The molecule has 2 heteroatoms. The average molecular weight is 443 g/mol. The Hall–Kier alpha value is -0.340. The fourth-order valence-corrected chi connectivity index (χ4v) is 10.6. The van der Waals surface area contributed by atoms with Crippen LogP contribution >= 0.6 is 0 Å². The smallest absolute Gasteiger partial charge is 0.0624 e. The molecule has 9 atom stereocenters. The molecule has 0 unspecified atom stereocenters. The molecule has 0 bridgehead atoms. The van der Waals surface area contributed by atoms with Crippen LogP contribution in [-0.2, 0) is 0 Å². The summed E-state index contributed by atoms with van der Waals surface area (Å²) in [6, 6.07) is 0. The van der Waals surface area contributed by atoms with Crippen LogP contribution in [0, 0.1) is 50.2 Å². The normalized spacial score (nSPS) is 56.2. The third-order valence-corrected chi connectivity index (χ3v) is 13.1. The Morgan fingerprint density at radius 2 is 1.34 bits per heavy atom. The minimum Gasteiger partial charge on any atom is -0.392 e. The molecule has 0 aromatic heterocycles. The van der Waals surface area contributed by atoms with Crippen LogP contribution in [0.2, 0.25) is 0 Å². The van der Waals surface area contributed by atoms with Crippen molar-refractivity contribution < 1.29 is 10.2 Å². The van der Waals surface area contributed by atoms with E-state index in [1.54, 1.807) is 5.57 Å². The summed E-state index contributed by atoms with van der Waals surface area (Å²) < 4.78 is 0. The van der Waals surface area contributed by atoms with Gasteiger partial charge in [0, 0.05) is 11.8 Å². The Labute approximate surface area is 197 Å². The molecule has 5 rings (SSSR count). The van der Waals surface area contributed by atoms with Gasteiger partial charge in [0.2, 0.25) is 0 Å². The summed E-state index contributed by atoms with van der Waals surface area (Å²) in [5, 5.41) is 22.4. The van der Waals surface area contributed by atoms with E-state index in [1.807, 2.05) is 0 Å². The number of rotatable bonds is 0. The minimum atomic E-state index is -0.392. The molecule has 4 fully saturated rings. The molecule has 0 aliphatic heterocycles. The molecule has 182 valence electrons. The number of aliphatic hydroxyl groups is 2. The molecule has 0 spiro atoms. The predicted molar refractivity (Wildman–Crippen MR) is 132 cm³/mol. The van der Waals surface area contributed by atoms with Crippen molar-refractivity contribution in [1.29, 1.82) is 0 Å². The molecule has 2 N–H and O–H groups in total. The van der Waals surface area contributed by atoms with E-state index in [4.69, 9.17) is 0 Å². The van der Waals surface area contributed by atoms with E-state index < -0.39 is 6.10 Å². The summed E-state index contributed by atoms with van der Waals surface area (Å²) in [5.41, 5.74) is 2.88. The van der Waals surface area contributed by atoms with E-state index in [2.05, 4.69) is 61.5 Å². The van der Waals surface area contributed by atoms with Crippen molar-refractivity contribution in [3.63, 3.8) is 0 Å². The first-order valence-corrected chi connectivity index (χ1v) is 13.7. The van der Waals surface area contributed by atoms with Gasteiger partial charge in [0.15, 0.2) is 0 Å². The van der Waals surface area contributed by atoms with Gasteiger partial charge in [-0.2, -0.15) is 0 Å². The molecule has 0 amide bonds. The standard InChI is InChI=1S/C30H50O2/c1-25(2)13-14-27(5)15-16-28(6)19(20(27)18-25)9-10-22-29(28,7)12-11-21-26(3,4)23(31)17-24(32)30(21,22)8/h18-19,21-24,31-32H,9-17H2,1-8H3/t19-,21+,22+,23-,24+,27+,28+,29+,30-/m0/s1. The zero-order valence-electron chi connectivity index (χ0n) is 22.2. The van der Waals surface area contributed by atoms with E-state index >= 15 is 0 Å². The lowest BCUT2D eigenvalue weighted by Gasteiger charge is -2.73. The molecule has 5 aliphatic carbocycles. The molecular formula is C30H50O2.